The van der Waals surface area contributed by atoms with Crippen LogP contribution in [0.15, 0.2) is 34.8 Å². The lowest BCUT2D eigenvalue weighted by Crippen LogP contribution is -2.30. The van der Waals surface area contributed by atoms with Crippen LogP contribution in [0, 0.1) is 11.6 Å². The number of benzene rings is 2. The highest BCUT2D eigenvalue weighted by molar-refractivity contribution is 9.10. The summed E-state index contributed by atoms with van der Waals surface area (Å²) in [6.07, 6.45) is 0. The third-order valence-electron chi connectivity index (χ3n) is 3.16. The number of carbonyl (C=O) groups is 2. The van der Waals surface area contributed by atoms with Crippen molar-refractivity contribution in [3.05, 3.63) is 57.6 Å². The van der Waals surface area contributed by atoms with E-state index < -0.39 is 23.4 Å². The van der Waals surface area contributed by atoms with Gasteiger partial charge in [0.25, 0.3) is 11.8 Å². The number of nitrogens with zero attached hydrogens (tertiary/aromatic N) is 1. The molecule has 1 heterocycles. The smallest absolute Gasteiger partial charge is 0.266 e. The Morgan fingerprint density at radius 2 is 1.48 bits per heavy atom. The van der Waals surface area contributed by atoms with Crippen LogP contribution in [-0.2, 0) is 0 Å². The second-order valence-electron chi connectivity index (χ2n) is 4.46. The van der Waals surface area contributed by atoms with Crippen LogP contribution >= 0.6 is 15.9 Å². The summed E-state index contributed by atoms with van der Waals surface area (Å²) in [5, 5.41) is 0. The fourth-order valence-corrected chi connectivity index (χ4v) is 2.56. The van der Waals surface area contributed by atoms with Crippen molar-refractivity contribution in [1.82, 2.24) is 0 Å². The molecule has 2 amide bonds. The first kappa shape index (κ1) is 13.7. The zero-order chi connectivity index (χ0) is 15.3. The van der Waals surface area contributed by atoms with Crippen LogP contribution in [0.3, 0.4) is 0 Å². The molecular formula is C14H7BrF2N2O2. The first-order valence-corrected chi connectivity index (χ1v) is 6.62. The van der Waals surface area contributed by atoms with Gasteiger partial charge in [0.2, 0.25) is 0 Å². The first-order valence-electron chi connectivity index (χ1n) is 5.83. The Kier molecular flexibility index (Phi) is 3.02. The summed E-state index contributed by atoms with van der Waals surface area (Å²) in [5.74, 6) is -3.83. The molecule has 0 saturated carbocycles. The molecule has 0 saturated heterocycles. The van der Waals surface area contributed by atoms with Gasteiger partial charge in [-0.15, -0.1) is 0 Å². The molecule has 21 heavy (non-hydrogen) atoms. The Morgan fingerprint density at radius 3 is 1.95 bits per heavy atom. The van der Waals surface area contributed by atoms with Gasteiger partial charge in [-0.3, -0.25) is 9.59 Å². The molecule has 0 atom stereocenters. The predicted molar refractivity (Wildman–Crippen MR) is 76.1 cm³/mol. The summed E-state index contributed by atoms with van der Waals surface area (Å²) in [4.78, 5) is 25.3. The molecule has 3 rings (SSSR count). The summed E-state index contributed by atoms with van der Waals surface area (Å²) in [5.41, 5.74) is 5.80. The minimum atomic E-state index is -1.18. The summed E-state index contributed by atoms with van der Waals surface area (Å²) in [6.45, 7) is 0. The summed E-state index contributed by atoms with van der Waals surface area (Å²) >= 11 is 3.21. The molecular weight excluding hydrogens is 346 g/mol. The van der Waals surface area contributed by atoms with Gasteiger partial charge < -0.3 is 5.73 Å². The zero-order valence-electron chi connectivity index (χ0n) is 10.4. The molecule has 0 fully saturated rings. The molecule has 4 nitrogen and oxygen atoms in total. The Hall–Kier alpha value is -2.28. The van der Waals surface area contributed by atoms with E-state index >= 15 is 0 Å². The first-order chi connectivity index (χ1) is 9.90. The molecule has 2 N–H and O–H groups in total. The number of rotatable bonds is 1. The predicted octanol–water partition coefficient (Wildman–Crippen LogP) is 3.11. The van der Waals surface area contributed by atoms with Crippen molar-refractivity contribution in [1.29, 1.82) is 0 Å². The maximum atomic E-state index is 13.2. The van der Waals surface area contributed by atoms with Crippen molar-refractivity contribution in [3.63, 3.8) is 0 Å². The highest BCUT2D eigenvalue weighted by atomic mass is 79.9. The average molecular weight is 353 g/mol. The second-order valence-corrected chi connectivity index (χ2v) is 5.38. The van der Waals surface area contributed by atoms with Crippen molar-refractivity contribution in [3.8, 4) is 0 Å². The second kappa shape index (κ2) is 4.63. The molecule has 1 aliphatic rings. The molecule has 0 bridgehead atoms. The van der Waals surface area contributed by atoms with E-state index in [1.807, 2.05) is 0 Å². The van der Waals surface area contributed by atoms with Crippen molar-refractivity contribution < 1.29 is 18.4 Å². The molecule has 7 heteroatoms. The number of anilines is 2. The number of nitrogen functional groups attached to an aromatic ring is 1. The summed E-state index contributed by atoms with van der Waals surface area (Å²) < 4.78 is 27.2. The van der Waals surface area contributed by atoms with E-state index in [1.54, 1.807) is 6.07 Å². The normalized spacial score (nSPS) is 13.8. The lowest BCUT2D eigenvalue weighted by atomic mass is 10.1. The van der Waals surface area contributed by atoms with E-state index in [0.717, 1.165) is 17.0 Å². The lowest BCUT2D eigenvalue weighted by Gasteiger charge is -2.16. The number of imide groups is 1. The molecule has 1 aliphatic heterocycles. The molecule has 2 aromatic rings. The van der Waals surface area contributed by atoms with Gasteiger partial charge in [0.05, 0.1) is 22.5 Å². The Balaban J connectivity index is 2.16. The van der Waals surface area contributed by atoms with Gasteiger partial charge in [0.15, 0.2) is 11.6 Å². The van der Waals surface area contributed by atoms with Gasteiger partial charge in [-0.25, -0.2) is 13.7 Å². The molecule has 106 valence electrons. The van der Waals surface area contributed by atoms with Crippen molar-refractivity contribution in [2.24, 2.45) is 0 Å². The van der Waals surface area contributed by atoms with Gasteiger partial charge in [-0.2, -0.15) is 0 Å². The van der Waals surface area contributed by atoms with Crippen molar-refractivity contribution in [2.45, 2.75) is 0 Å². The molecule has 0 aliphatic carbocycles. The average Bonchev–Trinajstić information content (AvgIpc) is 2.64. The largest absolute Gasteiger partial charge is 0.397 e. The van der Waals surface area contributed by atoms with Crippen LogP contribution in [0.2, 0.25) is 0 Å². The van der Waals surface area contributed by atoms with Crippen LogP contribution in [-0.4, -0.2) is 11.8 Å². The standard InChI is InChI=1S/C14H7BrF2N2O2/c15-6-1-2-12(11(18)3-6)19-13(20)7-4-9(16)10(17)5-8(7)14(19)21/h1-5H,18H2. The van der Waals surface area contributed by atoms with Gasteiger partial charge in [-0.1, -0.05) is 15.9 Å². The number of halogens is 3. The minimum Gasteiger partial charge on any atom is -0.397 e. The third kappa shape index (κ3) is 2.01. The summed E-state index contributed by atoms with van der Waals surface area (Å²) in [7, 11) is 0. The minimum absolute atomic E-state index is 0.171. The maximum absolute atomic E-state index is 13.2. The fourth-order valence-electron chi connectivity index (χ4n) is 2.18. The van der Waals surface area contributed by atoms with Crippen LogP contribution in [0.25, 0.3) is 0 Å². The van der Waals surface area contributed by atoms with E-state index in [9.17, 15) is 18.4 Å². The highest BCUT2D eigenvalue weighted by Crippen LogP contribution is 2.34. The quantitative estimate of drug-likeness (QED) is 0.633. The van der Waals surface area contributed by atoms with E-state index in [2.05, 4.69) is 15.9 Å². The number of fused-ring (bicyclic) bond motifs is 1. The fraction of sp³-hybridized carbons (Fsp3) is 0. The van der Waals surface area contributed by atoms with Crippen LogP contribution in [0.1, 0.15) is 20.7 Å². The van der Waals surface area contributed by atoms with Crippen molar-refractivity contribution >= 4 is 39.1 Å². The Bertz CT molecular complexity index is 767. The SMILES string of the molecule is Nc1cc(Br)ccc1N1C(=O)c2cc(F)c(F)cc2C1=O. The number of amides is 2. The third-order valence-corrected chi connectivity index (χ3v) is 3.65. The Labute approximate surface area is 126 Å². The van der Waals surface area contributed by atoms with E-state index in [-0.39, 0.29) is 22.5 Å². The van der Waals surface area contributed by atoms with Crippen LogP contribution < -0.4 is 10.6 Å². The van der Waals surface area contributed by atoms with Gasteiger partial charge in [0.1, 0.15) is 0 Å². The van der Waals surface area contributed by atoms with Gasteiger partial charge in [-0.05, 0) is 30.3 Å². The van der Waals surface area contributed by atoms with Crippen LogP contribution in [0.4, 0.5) is 20.2 Å². The topological polar surface area (TPSA) is 63.4 Å². The Morgan fingerprint density at radius 1 is 0.952 bits per heavy atom. The number of carbonyl (C=O) groups excluding carboxylic acids is 2. The van der Waals surface area contributed by atoms with Crippen molar-refractivity contribution in [2.75, 3.05) is 10.6 Å². The van der Waals surface area contributed by atoms with Gasteiger partial charge in [0, 0.05) is 4.47 Å². The summed E-state index contributed by atoms with van der Waals surface area (Å²) in [6, 6.07) is 6.06. The molecule has 0 radical (unpaired) electrons. The lowest BCUT2D eigenvalue weighted by molar-refractivity contribution is 0.0926. The number of hydrogen-bond donors (Lipinski definition) is 1. The molecule has 0 spiro atoms. The highest BCUT2D eigenvalue weighted by Gasteiger charge is 2.38. The molecule has 2 aromatic carbocycles. The van der Waals surface area contributed by atoms with Gasteiger partial charge >= 0.3 is 0 Å². The van der Waals surface area contributed by atoms with E-state index in [1.165, 1.54) is 12.1 Å². The van der Waals surface area contributed by atoms with E-state index in [4.69, 9.17) is 5.73 Å². The molecule has 0 unspecified atom stereocenters. The number of hydrogen-bond acceptors (Lipinski definition) is 3. The van der Waals surface area contributed by atoms with E-state index in [0.29, 0.717) is 4.47 Å². The molecule has 0 aromatic heterocycles. The number of nitrogens with two attached hydrogens (primary N) is 1. The zero-order valence-corrected chi connectivity index (χ0v) is 11.9. The monoisotopic (exact) mass is 352 g/mol. The maximum Gasteiger partial charge on any atom is 0.266 e. The van der Waals surface area contributed by atoms with Crippen LogP contribution in [0.5, 0.6) is 0 Å².